The molecule has 2 aromatic rings. The molecule has 1 aromatic carbocycles. The molecule has 1 aliphatic heterocycles. The second-order valence-corrected chi connectivity index (χ2v) is 8.17. The maximum absolute atomic E-state index is 12.5. The first kappa shape index (κ1) is 19.3. The predicted octanol–water partition coefficient (Wildman–Crippen LogP) is 2.34. The summed E-state index contributed by atoms with van der Waals surface area (Å²) < 4.78 is 0.412. The van der Waals surface area contributed by atoms with Crippen molar-refractivity contribution < 1.29 is 19.5 Å². The quantitative estimate of drug-likeness (QED) is 0.573. The van der Waals surface area contributed by atoms with Crippen LogP contribution in [0.2, 0.25) is 0 Å². The first-order valence-electron chi connectivity index (χ1n) is 7.84. The fourth-order valence-electron chi connectivity index (χ4n) is 2.36. The van der Waals surface area contributed by atoms with E-state index < -0.39 is 5.97 Å². The van der Waals surface area contributed by atoms with Crippen LogP contribution in [0.5, 0.6) is 0 Å². The van der Waals surface area contributed by atoms with Gasteiger partial charge in [0.1, 0.15) is 4.32 Å². The summed E-state index contributed by atoms with van der Waals surface area (Å²) in [5.41, 5.74) is 0.327. The molecule has 1 aromatic heterocycles. The topological polar surface area (TPSA) is 89.5 Å². The summed E-state index contributed by atoms with van der Waals surface area (Å²) in [7, 11) is 0. The molecule has 9 heteroatoms. The van der Waals surface area contributed by atoms with Gasteiger partial charge in [-0.1, -0.05) is 42.2 Å². The van der Waals surface area contributed by atoms with Gasteiger partial charge in [0.25, 0.3) is 5.91 Å². The number of carboxylic acid groups (broad SMARTS) is 1. The van der Waals surface area contributed by atoms with Crippen LogP contribution in [0.3, 0.4) is 0 Å². The van der Waals surface area contributed by atoms with Crippen LogP contribution >= 0.6 is 35.3 Å². The number of carbonyl (C=O) groups excluding carboxylic acids is 3. The van der Waals surface area contributed by atoms with Crippen molar-refractivity contribution in [1.82, 2.24) is 4.90 Å². The maximum Gasteiger partial charge on any atom is 0.266 e. The minimum Gasteiger partial charge on any atom is -0.545 e. The number of nitrogens with zero attached hydrogens (tertiary/aromatic N) is 1. The molecule has 0 bridgehead atoms. The van der Waals surface area contributed by atoms with Gasteiger partial charge in [0, 0.05) is 23.5 Å². The summed E-state index contributed by atoms with van der Waals surface area (Å²) in [6.45, 7) is 0.151. The Labute approximate surface area is 168 Å². The molecule has 138 valence electrons. The summed E-state index contributed by atoms with van der Waals surface area (Å²) in [6.07, 6.45) is 1.82. The van der Waals surface area contributed by atoms with Crippen LogP contribution in [-0.4, -0.2) is 33.5 Å². The van der Waals surface area contributed by atoms with Crippen LogP contribution in [0, 0.1) is 0 Å². The average molecular weight is 418 g/mol. The van der Waals surface area contributed by atoms with Gasteiger partial charge in [-0.2, -0.15) is 0 Å². The zero-order chi connectivity index (χ0) is 19.4. The molecule has 27 heavy (non-hydrogen) atoms. The molecule has 0 atom stereocenters. The lowest BCUT2D eigenvalue weighted by Crippen LogP contribution is -2.31. The highest BCUT2D eigenvalue weighted by Crippen LogP contribution is 2.33. The van der Waals surface area contributed by atoms with Crippen LogP contribution in [0.1, 0.15) is 21.7 Å². The SMILES string of the molecule is O=C(CCN1C(=O)/C(=C\c2cccs2)SC1=S)Nc1cccc(C(=O)[O-])c1. The van der Waals surface area contributed by atoms with E-state index in [2.05, 4.69) is 5.32 Å². The summed E-state index contributed by atoms with van der Waals surface area (Å²) in [4.78, 5) is 38.4. The van der Waals surface area contributed by atoms with Crippen molar-refractivity contribution in [1.29, 1.82) is 0 Å². The third-order valence-corrected chi connectivity index (χ3v) is 5.83. The number of amides is 2. The molecule has 1 saturated heterocycles. The third-order valence-electron chi connectivity index (χ3n) is 3.63. The van der Waals surface area contributed by atoms with Crippen LogP contribution in [0.25, 0.3) is 6.08 Å². The van der Waals surface area contributed by atoms with E-state index in [1.807, 2.05) is 17.5 Å². The fraction of sp³-hybridized carbons (Fsp3) is 0.111. The molecule has 3 rings (SSSR count). The van der Waals surface area contributed by atoms with Crippen molar-refractivity contribution in [2.24, 2.45) is 0 Å². The van der Waals surface area contributed by atoms with Gasteiger partial charge in [-0.25, -0.2) is 0 Å². The molecule has 2 amide bonds. The number of carbonyl (C=O) groups is 3. The molecule has 6 nitrogen and oxygen atoms in total. The van der Waals surface area contributed by atoms with E-state index in [0.717, 1.165) is 4.88 Å². The smallest absolute Gasteiger partial charge is 0.266 e. The lowest BCUT2D eigenvalue weighted by molar-refractivity contribution is -0.255. The Hall–Kier alpha value is -2.49. The van der Waals surface area contributed by atoms with Gasteiger partial charge in [-0.05, 0) is 35.2 Å². The van der Waals surface area contributed by atoms with E-state index in [4.69, 9.17) is 12.2 Å². The number of nitrogens with one attached hydrogen (secondary N) is 1. The number of thioether (sulfide) groups is 1. The zero-order valence-corrected chi connectivity index (χ0v) is 16.3. The number of hydrogen-bond acceptors (Lipinski definition) is 7. The second-order valence-electron chi connectivity index (χ2n) is 5.52. The lowest BCUT2D eigenvalue weighted by Gasteiger charge is -2.14. The Morgan fingerprint density at radius 3 is 2.78 bits per heavy atom. The average Bonchev–Trinajstić information content (AvgIpc) is 3.23. The monoisotopic (exact) mass is 417 g/mol. The van der Waals surface area contributed by atoms with Crippen molar-refractivity contribution in [3.05, 3.63) is 57.1 Å². The van der Waals surface area contributed by atoms with E-state index >= 15 is 0 Å². The molecule has 1 aliphatic rings. The van der Waals surface area contributed by atoms with Crippen LogP contribution < -0.4 is 10.4 Å². The summed E-state index contributed by atoms with van der Waals surface area (Å²) in [6, 6.07) is 9.59. The number of thiophene rings is 1. The molecule has 0 unspecified atom stereocenters. The van der Waals surface area contributed by atoms with E-state index in [1.54, 1.807) is 12.1 Å². The van der Waals surface area contributed by atoms with E-state index in [-0.39, 0.29) is 30.3 Å². The normalized spacial score (nSPS) is 15.4. The van der Waals surface area contributed by atoms with E-state index in [0.29, 0.717) is 14.9 Å². The van der Waals surface area contributed by atoms with Crippen LogP contribution in [-0.2, 0) is 9.59 Å². The largest absolute Gasteiger partial charge is 0.545 e. The highest BCUT2D eigenvalue weighted by molar-refractivity contribution is 8.26. The Kier molecular flexibility index (Phi) is 6.04. The number of aromatic carboxylic acids is 1. The fourth-order valence-corrected chi connectivity index (χ4v) is 4.39. The first-order chi connectivity index (χ1) is 12.9. The van der Waals surface area contributed by atoms with Gasteiger partial charge in [-0.15, -0.1) is 11.3 Å². The molecule has 0 radical (unpaired) electrons. The number of thiocarbonyl (C=S) groups is 1. The number of rotatable bonds is 6. The van der Waals surface area contributed by atoms with Gasteiger partial charge in [0.05, 0.1) is 10.9 Å². The van der Waals surface area contributed by atoms with Gasteiger partial charge < -0.3 is 15.2 Å². The Bertz CT molecular complexity index is 938. The minimum atomic E-state index is -1.32. The van der Waals surface area contributed by atoms with Gasteiger partial charge in [0.15, 0.2) is 0 Å². The van der Waals surface area contributed by atoms with Gasteiger partial charge in [0.2, 0.25) is 5.91 Å². The molecule has 2 heterocycles. The van der Waals surface area contributed by atoms with Crippen molar-refractivity contribution in [2.75, 3.05) is 11.9 Å². The Morgan fingerprint density at radius 2 is 2.07 bits per heavy atom. The van der Waals surface area contributed by atoms with Crippen LogP contribution in [0.15, 0.2) is 46.7 Å². The molecular weight excluding hydrogens is 404 g/mol. The highest BCUT2D eigenvalue weighted by Gasteiger charge is 2.32. The molecule has 1 fully saturated rings. The third kappa shape index (κ3) is 4.82. The summed E-state index contributed by atoms with van der Waals surface area (Å²) in [5, 5.41) is 15.4. The highest BCUT2D eigenvalue weighted by atomic mass is 32.2. The second kappa shape index (κ2) is 8.47. The number of carboxylic acids is 1. The van der Waals surface area contributed by atoms with Crippen LogP contribution in [0.4, 0.5) is 5.69 Å². The Balaban J connectivity index is 1.59. The summed E-state index contributed by atoms with van der Waals surface area (Å²) in [5.74, 6) is -1.88. The van der Waals surface area contributed by atoms with Gasteiger partial charge in [-0.3, -0.25) is 14.5 Å². The van der Waals surface area contributed by atoms with Gasteiger partial charge >= 0.3 is 0 Å². The molecule has 0 aliphatic carbocycles. The molecule has 0 saturated carbocycles. The predicted molar refractivity (Wildman–Crippen MR) is 108 cm³/mol. The van der Waals surface area contributed by atoms with Crippen molar-refractivity contribution >= 4 is 69.2 Å². The molecule has 0 spiro atoms. The number of hydrogen-bond donors (Lipinski definition) is 1. The Morgan fingerprint density at radius 1 is 1.26 bits per heavy atom. The van der Waals surface area contributed by atoms with E-state index in [9.17, 15) is 19.5 Å². The van der Waals surface area contributed by atoms with Crippen molar-refractivity contribution in [3.63, 3.8) is 0 Å². The molecular formula is C18H13N2O4S3-. The maximum atomic E-state index is 12.5. The first-order valence-corrected chi connectivity index (χ1v) is 9.94. The minimum absolute atomic E-state index is 0.0246. The van der Waals surface area contributed by atoms with Crippen molar-refractivity contribution in [2.45, 2.75) is 6.42 Å². The lowest BCUT2D eigenvalue weighted by atomic mass is 10.2. The zero-order valence-electron chi connectivity index (χ0n) is 13.8. The summed E-state index contributed by atoms with van der Waals surface area (Å²) >= 11 is 7.98. The van der Waals surface area contributed by atoms with Crippen molar-refractivity contribution in [3.8, 4) is 0 Å². The number of anilines is 1. The standard InChI is InChI=1S/C18H14N2O4S3/c21-15(19-12-4-1-3-11(9-12)17(23)24)6-7-20-16(22)14(27-18(20)25)10-13-5-2-8-26-13/h1-5,8-10H,6-7H2,(H,19,21)(H,23,24)/p-1/b14-10+. The number of benzene rings is 1. The molecule has 1 N–H and O–H groups in total. The van der Waals surface area contributed by atoms with E-state index in [1.165, 1.54) is 46.2 Å².